The molecule has 2 aromatic rings. The van der Waals surface area contributed by atoms with Gasteiger partial charge in [0.05, 0.1) is 5.69 Å². The average molecular weight is 418 g/mol. The first kappa shape index (κ1) is 21.6. The maximum atomic E-state index is 11.3. The molecule has 29 heavy (non-hydrogen) atoms. The number of aliphatic hydroxyl groups is 1. The van der Waals surface area contributed by atoms with Gasteiger partial charge in [-0.1, -0.05) is 35.9 Å². The van der Waals surface area contributed by atoms with Gasteiger partial charge in [0.1, 0.15) is 18.5 Å². The van der Waals surface area contributed by atoms with E-state index in [9.17, 15) is 9.90 Å². The summed E-state index contributed by atoms with van der Waals surface area (Å²) in [5.74, 6) is 0.410. The number of piperazine rings is 1. The Hall–Kier alpha value is -2.12. The summed E-state index contributed by atoms with van der Waals surface area (Å²) in [5.41, 5.74) is 1.87. The molecule has 0 radical (unpaired) electrons. The second-order valence-corrected chi connectivity index (χ2v) is 7.78. The first-order valence-corrected chi connectivity index (χ1v) is 10.2. The molecule has 156 valence electrons. The molecule has 1 aliphatic heterocycles. The van der Waals surface area contributed by atoms with Crippen LogP contribution in [0.1, 0.15) is 12.5 Å². The molecule has 3 rings (SSSR count). The lowest BCUT2D eigenvalue weighted by Crippen LogP contribution is -2.48. The van der Waals surface area contributed by atoms with Gasteiger partial charge in [-0.2, -0.15) is 0 Å². The SMILES string of the molecule is CC(=O)Nc1ccccc1OCC(O)CN1CCN(Cc2ccc(Cl)cc2)CC1. The van der Waals surface area contributed by atoms with Gasteiger partial charge in [0.15, 0.2) is 0 Å². The Labute approximate surface area is 177 Å². The minimum Gasteiger partial charge on any atom is -0.489 e. The van der Waals surface area contributed by atoms with Crippen molar-refractivity contribution in [2.75, 3.05) is 44.6 Å². The summed E-state index contributed by atoms with van der Waals surface area (Å²) < 4.78 is 5.74. The minimum absolute atomic E-state index is 0.155. The first-order valence-electron chi connectivity index (χ1n) is 9.86. The van der Waals surface area contributed by atoms with Gasteiger partial charge in [-0.25, -0.2) is 0 Å². The van der Waals surface area contributed by atoms with E-state index in [2.05, 4.69) is 27.2 Å². The molecule has 2 aromatic carbocycles. The minimum atomic E-state index is -0.594. The van der Waals surface area contributed by atoms with Crippen molar-refractivity contribution < 1.29 is 14.6 Å². The highest BCUT2D eigenvalue weighted by molar-refractivity contribution is 6.30. The van der Waals surface area contributed by atoms with Crippen LogP contribution in [0.15, 0.2) is 48.5 Å². The van der Waals surface area contributed by atoms with Crippen molar-refractivity contribution >= 4 is 23.2 Å². The number of amides is 1. The van der Waals surface area contributed by atoms with Crippen LogP contribution in [0.25, 0.3) is 0 Å². The Kier molecular flexibility index (Phi) is 7.89. The number of ether oxygens (including phenoxy) is 1. The van der Waals surface area contributed by atoms with Gasteiger partial charge in [-0.3, -0.25) is 14.6 Å². The number of anilines is 1. The summed E-state index contributed by atoms with van der Waals surface area (Å²) in [6, 6.07) is 15.2. The van der Waals surface area contributed by atoms with Crippen LogP contribution in [-0.2, 0) is 11.3 Å². The molecule has 2 N–H and O–H groups in total. The number of benzene rings is 2. The molecule has 7 heteroatoms. The van der Waals surface area contributed by atoms with E-state index < -0.39 is 6.10 Å². The lowest BCUT2D eigenvalue weighted by atomic mass is 10.2. The molecule has 1 unspecified atom stereocenters. The molecule has 1 aliphatic rings. The predicted octanol–water partition coefficient (Wildman–Crippen LogP) is 2.86. The third-order valence-corrected chi connectivity index (χ3v) is 5.13. The predicted molar refractivity (Wildman–Crippen MR) is 115 cm³/mol. The summed E-state index contributed by atoms with van der Waals surface area (Å²) in [7, 11) is 0. The van der Waals surface area contributed by atoms with Gasteiger partial charge in [-0.15, -0.1) is 0 Å². The zero-order valence-corrected chi connectivity index (χ0v) is 17.4. The molecule has 0 aliphatic carbocycles. The number of carbonyl (C=O) groups excluding carboxylic acids is 1. The third-order valence-electron chi connectivity index (χ3n) is 4.88. The van der Waals surface area contributed by atoms with Crippen LogP contribution < -0.4 is 10.1 Å². The molecular weight excluding hydrogens is 390 g/mol. The van der Waals surface area contributed by atoms with E-state index in [1.165, 1.54) is 12.5 Å². The van der Waals surface area contributed by atoms with E-state index in [1.807, 2.05) is 24.3 Å². The van der Waals surface area contributed by atoms with Crippen LogP contribution in [0.2, 0.25) is 5.02 Å². The number of rotatable bonds is 8. The van der Waals surface area contributed by atoms with Crippen LogP contribution >= 0.6 is 11.6 Å². The fraction of sp³-hybridized carbons (Fsp3) is 0.409. The number of carbonyl (C=O) groups is 1. The van der Waals surface area contributed by atoms with E-state index in [4.69, 9.17) is 16.3 Å². The van der Waals surface area contributed by atoms with Crippen molar-refractivity contribution in [3.8, 4) is 5.75 Å². The first-order chi connectivity index (χ1) is 14.0. The fourth-order valence-electron chi connectivity index (χ4n) is 3.40. The highest BCUT2D eigenvalue weighted by Crippen LogP contribution is 2.23. The van der Waals surface area contributed by atoms with Gasteiger partial charge in [0.25, 0.3) is 0 Å². The topological polar surface area (TPSA) is 65.0 Å². The highest BCUT2D eigenvalue weighted by Gasteiger charge is 2.20. The molecule has 1 saturated heterocycles. The normalized spacial score (nSPS) is 16.4. The molecule has 0 aromatic heterocycles. The summed E-state index contributed by atoms with van der Waals surface area (Å²) >= 11 is 5.94. The fourth-order valence-corrected chi connectivity index (χ4v) is 3.53. The number of halogens is 1. The Morgan fingerprint density at radius 2 is 1.76 bits per heavy atom. The summed E-state index contributed by atoms with van der Waals surface area (Å²) in [4.78, 5) is 16.0. The van der Waals surface area contributed by atoms with Gasteiger partial charge in [0.2, 0.25) is 5.91 Å². The third kappa shape index (κ3) is 7.01. The monoisotopic (exact) mass is 417 g/mol. The maximum Gasteiger partial charge on any atom is 0.221 e. The maximum absolute atomic E-state index is 11.3. The molecule has 1 heterocycles. The molecule has 0 saturated carbocycles. The molecule has 0 bridgehead atoms. The van der Waals surface area contributed by atoms with Crippen LogP contribution in [0.3, 0.4) is 0 Å². The van der Waals surface area contributed by atoms with Crippen LogP contribution in [0.4, 0.5) is 5.69 Å². The van der Waals surface area contributed by atoms with E-state index in [0.717, 1.165) is 37.7 Å². The van der Waals surface area contributed by atoms with Crippen LogP contribution in [0, 0.1) is 0 Å². The van der Waals surface area contributed by atoms with Crippen LogP contribution in [0.5, 0.6) is 5.75 Å². The van der Waals surface area contributed by atoms with Gasteiger partial charge >= 0.3 is 0 Å². The van der Waals surface area contributed by atoms with Crippen molar-refractivity contribution in [1.82, 2.24) is 9.80 Å². The van der Waals surface area contributed by atoms with E-state index in [1.54, 1.807) is 12.1 Å². The smallest absolute Gasteiger partial charge is 0.221 e. The summed E-state index contributed by atoms with van der Waals surface area (Å²) in [6.45, 7) is 6.86. The molecule has 0 spiro atoms. The highest BCUT2D eigenvalue weighted by atomic mass is 35.5. The second kappa shape index (κ2) is 10.6. The number of β-amino-alcohol motifs (C(OH)–C–C–N with tert-alkyl or cyclic N) is 1. The standard InChI is InChI=1S/C22H28ClN3O3/c1-17(27)24-21-4-2-3-5-22(21)29-16-20(28)15-26-12-10-25(11-13-26)14-18-6-8-19(23)9-7-18/h2-9,20,28H,10-16H2,1H3,(H,24,27). The molecule has 1 atom stereocenters. The van der Waals surface area contributed by atoms with Gasteiger partial charge < -0.3 is 15.2 Å². The molecule has 1 fully saturated rings. The lowest BCUT2D eigenvalue weighted by molar-refractivity contribution is -0.114. The largest absolute Gasteiger partial charge is 0.489 e. The number of nitrogens with one attached hydrogen (secondary N) is 1. The van der Waals surface area contributed by atoms with E-state index in [-0.39, 0.29) is 12.5 Å². The summed E-state index contributed by atoms with van der Waals surface area (Å²) in [5, 5.41) is 13.9. The Morgan fingerprint density at radius 3 is 2.45 bits per heavy atom. The Morgan fingerprint density at radius 1 is 1.10 bits per heavy atom. The van der Waals surface area contributed by atoms with Crippen molar-refractivity contribution in [2.45, 2.75) is 19.6 Å². The average Bonchev–Trinajstić information content (AvgIpc) is 2.70. The summed E-state index contributed by atoms with van der Waals surface area (Å²) in [6.07, 6.45) is -0.594. The second-order valence-electron chi connectivity index (χ2n) is 7.35. The molecule has 6 nitrogen and oxygen atoms in total. The van der Waals surface area contributed by atoms with Crippen molar-refractivity contribution in [3.05, 3.63) is 59.1 Å². The van der Waals surface area contributed by atoms with Crippen molar-refractivity contribution in [3.63, 3.8) is 0 Å². The molecule has 1 amide bonds. The zero-order chi connectivity index (χ0) is 20.6. The lowest BCUT2D eigenvalue weighted by Gasteiger charge is -2.35. The Balaban J connectivity index is 1.40. The van der Waals surface area contributed by atoms with Gasteiger partial charge in [-0.05, 0) is 29.8 Å². The zero-order valence-electron chi connectivity index (χ0n) is 16.7. The van der Waals surface area contributed by atoms with Crippen molar-refractivity contribution in [2.24, 2.45) is 0 Å². The van der Waals surface area contributed by atoms with E-state index in [0.29, 0.717) is 18.0 Å². The van der Waals surface area contributed by atoms with Gasteiger partial charge in [0, 0.05) is 51.2 Å². The Bertz CT molecular complexity index is 792. The number of nitrogens with zero attached hydrogens (tertiary/aromatic N) is 2. The number of hydrogen-bond donors (Lipinski definition) is 2. The number of para-hydroxylation sites is 2. The quantitative estimate of drug-likeness (QED) is 0.691. The number of aliphatic hydroxyl groups excluding tert-OH is 1. The number of hydrogen-bond acceptors (Lipinski definition) is 5. The van der Waals surface area contributed by atoms with Crippen LogP contribution in [-0.4, -0.2) is 66.2 Å². The van der Waals surface area contributed by atoms with Crippen molar-refractivity contribution in [1.29, 1.82) is 0 Å². The van der Waals surface area contributed by atoms with E-state index >= 15 is 0 Å². The molecular formula is C22H28ClN3O3.